The number of ether oxygens (including phenoxy) is 1. The van der Waals surface area contributed by atoms with Crippen molar-refractivity contribution in [3.63, 3.8) is 0 Å². The van der Waals surface area contributed by atoms with Gasteiger partial charge in [0.25, 0.3) is 0 Å². The summed E-state index contributed by atoms with van der Waals surface area (Å²) in [7, 11) is -5.17. The van der Waals surface area contributed by atoms with Crippen molar-refractivity contribution in [1.82, 2.24) is 0 Å². The molecule has 0 aromatic heterocycles. The Morgan fingerprint density at radius 3 is 1.20 bits per heavy atom. The summed E-state index contributed by atoms with van der Waals surface area (Å²) in [5.74, 6) is 0. The van der Waals surface area contributed by atoms with E-state index >= 15 is 0 Å². The monoisotopic (exact) mass is 154 g/mol. The average molecular weight is 154 g/mol. The zero-order valence-corrected chi connectivity index (χ0v) is 6.68. The van der Waals surface area contributed by atoms with E-state index in [0.29, 0.717) is 0 Å². The van der Waals surface area contributed by atoms with E-state index < -0.39 is 10.4 Å². The molecule has 8 heteroatoms. The van der Waals surface area contributed by atoms with Crippen LogP contribution in [0.4, 0.5) is 0 Å². The first kappa shape index (κ1) is 17.2. The summed E-state index contributed by atoms with van der Waals surface area (Å²) in [6.45, 7) is 2.00. The van der Waals surface area contributed by atoms with Crippen molar-refractivity contribution in [1.29, 1.82) is 0 Å². The smallest absolute Gasteiger partial charge is 0.759 e. The summed E-state index contributed by atoms with van der Waals surface area (Å²) in [5.41, 5.74) is 0. The van der Waals surface area contributed by atoms with Gasteiger partial charge in [-0.3, -0.25) is 8.42 Å². The Bertz CT molecular complexity index is 129. The molecule has 0 radical (unpaired) electrons. The Kier molecular flexibility index (Phi) is 14.0. The summed E-state index contributed by atoms with van der Waals surface area (Å²) >= 11 is 0. The number of rotatable bonds is 0. The van der Waals surface area contributed by atoms with Crippen LogP contribution in [0.15, 0.2) is 0 Å². The molecule has 0 unspecified atom stereocenters. The largest absolute Gasteiger partial charge is 1.00 e. The first-order chi connectivity index (χ1) is 3.50. The summed E-state index contributed by atoms with van der Waals surface area (Å²) in [6, 6.07) is 0. The molecule has 5 nitrogen and oxygen atoms in total. The van der Waals surface area contributed by atoms with Crippen molar-refractivity contribution in [3.05, 3.63) is 0 Å². The van der Waals surface area contributed by atoms with Gasteiger partial charge in [-0.25, -0.2) is 0 Å². The second-order valence-electron chi connectivity index (χ2n) is 1.02. The van der Waals surface area contributed by atoms with Crippen molar-refractivity contribution in [2.24, 2.45) is 0 Å². The summed E-state index contributed by atoms with van der Waals surface area (Å²) in [4.78, 5) is 0. The van der Waals surface area contributed by atoms with Gasteiger partial charge < -0.3 is 13.8 Å². The summed E-state index contributed by atoms with van der Waals surface area (Å²) < 4.78 is 38.6. The van der Waals surface area contributed by atoms with Crippen LogP contribution in [-0.2, 0) is 15.1 Å². The molecule has 0 spiro atoms. The molecule has 50 valence electrons. The molecule has 0 atom stereocenters. The van der Waals surface area contributed by atoms with Gasteiger partial charge in [0.15, 0.2) is 0 Å². The minimum atomic E-state index is -5.17. The quantitative estimate of drug-likeness (QED) is 0.149. The number of hydrogen-bond acceptors (Lipinski definition) is 5. The molecule has 10 heavy (non-hydrogen) atoms. The maximum Gasteiger partial charge on any atom is 1.00 e. The minimum Gasteiger partial charge on any atom is -0.759 e. The van der Waals surface area contributed by atoms with Gasteiger partial charge in [-0.2, -0.15) is 0 Å². The first-order valence-corrected chi connectivity index (χ1v) is 3.08. The number of hydrogen-bond donors (Lipinski definition) is 0. The SMILES string of the molecule is C1CO1.O=S(=O)([O-])[O-].[Li+].[Li+]. The molecule has 0 aliphatic carbocycles. The van der Waals surface area contributed by atoms with Gasteiger partial charge in [-0.15, -0.1) is 0 Å². The predicted octanol–water partition coefficient (Wildman–Crippen LogP) is -7.31. The van der Waals surface area contributed by atoms with Gasteiger partial charge in [0.1, 0.15) is 0 Å². The van der Waals surface area contributed by atoms with E-state index in [-0.39, 0.29) is 37.7 Å². The first-order valence-electron chi connectivity index (χ1n) is 1.74. The Labute approximate surface area is 83.4 Å². The van der Waals surface area contributed by atoms with Gasteiger partial charge in [-0.1, -0.05) is 0 Å². The Morgan fingerprint density at radius 2 is 1.20 bits per heavy atom. The minimum absolute atomic E-state index is 0. The maximum absolute atomic E-state index is 8.52. The van der Waals surface area contributed by atoms with Crippen LogP contribution >= 0.6 is 0 Å². The van der Waals surface area contributed by atoms with Crippen LogP contribution in [0.3, 0.4) is 0 Å². The normalized spacial score (nSPS) is 13.0. The maximum atomic E-state index is 8.52. The molecule has 1 saturated heterocycles. The van der Waals surface area contributed by atoms with E-state index in [1.165, 1.54) is 0 Å². The third-order valence-corrected chi connectivity index (χ3v) is 0.204. The molecular formula is C2H4Li2O5S. The molecule has 0 amide bonds. The average Bonchev–Trinajstić information content (AvgIpc) is 1.95. The Balaban J connectivity index is -0.0000000860. The Morgan fingerprint density at radius 1 is 1.10 bits per heavy atom. The van der Waals surface area contributed by atoms with Crippen molar-refractivity contribution in [2.45, 2.75) is 0 Å². The second kappa shape index (κ2) is 8.12. The van der Waals surface area contributed by atoms with Crippen LogP contribution in [0.5, 0.6) is 0 Å². The predicted molar refractivity (Wildman–Crippen MR) is 21.3 cm³/mol. The van der Waals surface area contributed by atoms with E-state index in [2.05, 4.69) is 4.74 Å². The standard InChI is InChI=1S/C2H4O.2Li.H2O4S/c1-2-3-1;;;1-5(2,3)4/h1-2H2;;;(H2,1,2,3,4)/q;2*+1;/p-2. The van der Waals surface area contributed by atoms with E-state index in [1.54, 1.807) is 0 Å². The van der Waals surface area contributed by atoms with E-state index in [9.17, 15) is 0 Å². The van der Waals surface area contributed by atoms with Gasteiger partial charge in [0.05, 0.1) is 13.2 Å². The van der Waals surface area contributed by atoms with Crippen LogP contribution in [-0.4, -0.2) is 30.7 Å². The summed E-state index contributed by atoms with van der Waals surface area (Å²) in [6.07, 6.45) is 0. The molecule has 1 rings (SSSR count). The fourth-order valence-corrected chi connectivity index (χ4v) is 0. The van der Waals surface area contributed by atoms with Gasteiger partial charge in [-0.05, 0) is 0 Å². The van der Waals surface area contributed by atoms with Crippen molar-refractivity contribution >= 4 is 10.4 Å². The van der Waals surface area contributed by atoms with Crippen LogP contribution in [0.2, 0.25) is 0 Å². The molecule has 1 aliphatic rings. The van der Waals surface area contributed by atoms with Crippen molar-refractivity contribution in [2.75, 3.05) is 13.2 Å². The van der Waals surface area contributed by atoms with Crippen LogP contribution in [0.25, 0.3) is 0 Å². The Hall–Kier alpha value is 1.02. The third kappa shape index (κ3) is 142. The van der Waals surface area contributed by atoms with Crippen molar-refractivity contribution < 1.29 is 60.0 Å². The third-order valence-electron chi connectivity index (χ3n) is 0.204. The van der Waals surface area contributed by atoms with Gasteiger partial charge in [0, 0.05) is 10.4 Å². The zero-order chi connectivity index (χ0) is 6.62. The topological polar surface area (TPSA) is 92.8 Å². The fraction of sp³-hybridized carbons (Fsp3) is 1.00. The van der Waals surface area contributed by atoms with Crippen molar-refractivity contribution in [3.8, 4) is 0 Å². The molecule has 1 fully saturated rings. The molecule has 0 N–H and O–H groups in total. The molecule has 1 heterocycles. The molecule has 0 aromatic rings. The number of epoxide rings is 1. The van der Waals surface area contributed by atoms with E-state index in [1.807, 2.05) is 0 Å². The molecule has 0 saturated carbocycles. The van der Waals surface area contributed by atoms with Crippen LogP contribution in [0, 0.1) is 0 Å². The van der Waals surface area contributed by atoms with Gasteiger partial charge in [0.2, 0.25) is 0 Å². The molecule has 0 bridgehead atoms. The molecule has 0 aromatic carbocycles. The summed E-state index contributed by atoms with van der Waals surface area (Å²) in [5, 5.41) is 0. The zero-order valence-electron chi connectivity index (χ0n) is 5.86. The van der Waals surface area contributed by atoms with E-state index in [0.717, 1.165) is 13.2 Å². The van der Waals surface area contributed by atoms with Gasteiger partial charge >= 0.3 is 37.7 Å². The molecule has 1 aliphatic heterocycles. The fourth-order valence-electron chi connectivity index (χ4n) is 0. The van der Waals surface area contributed by atoms with E-state index in [4.69, 9.17) is 17.5 Å². The van der Waals surface area contributed by atoms with Crippen LogP contribution in [0.1, 0.15) is 0 Å². The van der Waals surface area contributed by atoms with Crippen LogP contribution < -0.4 is 37.7 Å². The molecular weight excluding hydrogens is 150 g/mol. The second-order valence-corrected chi connectivity index (χ2v) is 1.84.